The van der Waals surface area contributed by atoms with Crippen LogP contribution in [0.5, 0.6) is 0 Å². The monoisotopic (exact) mass is 208 g/mol. The van der Waals surface area contributed by atoms with E-state index in [9.17, 15) is 13.2 Å². The van der Waals surface area contributed by atoms with Gasteiger partial charge in [0.15, 0.2) is 0 Å². The average Bonchev–Trinajstić information content (AvgIpc) is 2.28. The van der Waals surface area contributed by atoms with E-state index >= 15 is 0 Å². The second-order valence-corrected chi connectivity index (χ2v) is 4.79. The minimum atomic E-state index is -2.71. The highest BCUT2D eigenvalue weighted by Gasteiger charge is 2.25. The topological polar surface area (TPSA) is 0 Å². The molecular formula is C9H11F3S. The van der Waals surface area contributed by atoms with E-state index in [-0.39, 0.29) is 0 Å². The van der Waals surface area contributed by atoms with Crippen LogP contribution in [0.15, 0.2) is 5.38 Å². The third kappa shape index (κ3) is 2.05. The Morgan fingerprint density at radius 1 is 1.31 bits per heavy atom. The predicted molar refractivity (Wildman–Crippen MR) is 47.9 cm³/mol. The summed E-state index contributed by atoms with van der Waals surface area (Å²) in [7, 11) is 0. The van der Waals surface area contributed by atoms with E-state index < -0.39 is 22.5 Å². The summed E-state index contributed by atoms with van der Waals surface area (Å²) in [6.45, 7) is 5.40. The fourth-order valence-corrected chi connectivity index (χ4v) is 2.03. The molecule has 1 heterocycles. The Morgan fingerprint density at radius 2 is 1.85 bits per heavy atom. The molecule has 0 spiro atoms. The van der Waals surface area contributed by atoms with Crippen LogP contribution in [-0.4, -0.2) is 0 Å². The zero-order valence-electron chi connectivity index (χ0n) is 7.70. The van der Waals surface area contributed by atoms with Gasteiger partial charge in [0.1, 0.15) is 10.7 Å². The summed E-state index contributed by atoms with van der Waals surface area (Å²) in [5.74, 6) is -0.743. The number of rotatable bonds is 1. The lowest BCUT2D eigenvalue weighted by atomic mass is 9.89. The van der Waals surface area contributed by atoms with E-state index in [1.165, 1.54) is 5.38 Å². The van der Waals surface area contributed by atoms with E-state index in [0.717, 1.165) is 11.3 Å². The first-order valence-electron chi connectivity index (χ1n) is 3.89. The molecule has 0 aliphatic heterocycles. The molecule has 13 heavy (non-hydrogen) atoms. The van der Waals surface area contributed by atoms with Crippen molar-refractivity contribution in [1.29, 1.82) is 0 Å². The van der Waals surface area contributed by atoms with Gasteiger partial charge in [0.2, 0.25) is 0 Å². The highest BCUT2D eigenvalue weighted by atomic mass is 32.1. The van der Waals surface area contributed by atoms with Gasteiger partial charge in [-0.2, -0.15) is 0 Å². The first-order chi connectivity index (χ1) is 5.84. The molecule has 1 aromatic rings. The molecule has 0 fully saturated rings. The fourth-order valence-electron chi connectivity index (χ4n) is 1.01. The van der Waals surface area contributed by atoms with Crippen LogP contribution in [-0.2, 0) is 5.41 Å². The SMILES string of the molecule is CC(C)(C)c1csc(C(F)F)c1F. The number of hydrogen-bond acceptors (Lipinski definition) is 1. The van der Waals surface area contributed by atoms with Crippen molar-refractivity contribution >= 4 is 11.3 Å². The van der Waals surface area contributed by atoms with Crippen LogP contribution in [0.4, 0.5) is 13.2 Å². The van der Waals surface area contributed by atoms with Crippen molar-refractivity contribution in [1.82, 2.24) is 0 Å². The lowest BCUT2D eigenvalue weighted by Gasteiger charge is -2.16. The van der Waals surface area contributed by atoms with Crippen molar-refractivity contribution in [2.24, 2.45) is 0 Å². The molecule has 1 rings (SSSR count). The van der Waals surface area contributed by atoms with E-state index in [2.05, 4.69) is 0 Å². The minimum absolute atomic E-state index is 0.368. The van der Waals surface area contributed by atoms with Crippen molar-refractivity contribution in [3.63, 3.8) is 0 Å². The Hall–Kier alpha value is -0.510. The molecule has 0 saturated carbocycles. The quantitative estimate of drug-likeness (QED) is 0.651. The van der Waals surface area contributed by atoms with E-state index in [1.54, 1.807) is 20.8 Å². The summed E-state index contributed by atoms with van der Waals surface area (Å²) in [4.78, 5) is -0.454. The van der Waals surface area contributed by atoms with Crippen molar-refractivity contribution in [2.45, 2.75) is 32.6 Å². The van der Waals surface area contributed by atoms with Gasteiger partial charge < -0.3 is 0 Å². The molecule has 0 unspecified atom stereocenters. The maximum atomic E-state index is 13.3. The molecule has 0 aliphatic rings. The van der Waals surface area contributed by atoms with Crippen LogP contribution in [0.3, 0.4) is 0 Å². The molecule has 0 aromatic carbocycles. The van der Waals surface area contributed by atoms with Crippen molar-refractivity contribution in [2.75, 3.05) is 0 Å². The van der Waals surface area contributed by atoms with Gasteiger partial charge in [0.25, 0.3) is 6.43 Å². The predicted octanol–water partition coefficient (Wildman–Crippen LogP) is 4.12. The van der Waals surface area contributed by atoms with Crippen LogP contribution < -0.4 is 0 Å². The number of alkyl halides is 2. The first kappa shape index (κ1) is 10.6. The zero-order chi connectivity index (χ0) is 10.2. The average molecular weight is 208 g/mol. The van der Waals surface area contributed by atoms with Crippen LogP contribution in [0, 0.1) is 5.82 Å². The molecule has 0 bridgehead atoms. The smallest absolute Gasteiger partial charge is 0.205 e. The largest absolute Gasteiger partial charge is 0.275 e. The summed E-state index contributed by atoms with van der Waals surface area (Å²) in [6, 6.07) is 0. The van der Waals surface area contributed by atoms with Gasteiger partial charge in [-0.15, -0.1) is 11.3 Å². The van der Waals surface area contributed by atoms with Crippen molar-refractivity contribution < 1.29 is 13.2 Å². The summed E-state index contributed by atoms with van der Waals surface area (Å²) in [6.07, 6.45) is -2.71. The molecular weight excluding hydrogens is 197 g/mol. The minimum Gasteiger partial charge on any atom is -0.205 e. The van der Waals surface area contributed by atoms with Crippen molar-refractivity contribution in [3.8, 4) is 0 Å². The Kier molecular flexibility index (Phi) is 2.71. The number of hydrogen-bond donors (Lipinski definition) is 0. The molecule has 0 nitrogen and oxygen atoms in total. The molecule has 74 valence electrons. The highest BCUT2D eigenvalue weighted by Crippen LogP contribution is 2.35. The summed E-state index contributed by atoms with van der Waals surface area (Å²) >= 11 is 0.786. The van der Waals surface area contributed by atoms with Gasteiger partial charge in [-0.25, -0.2) is 13.2 Å². The highest BCUT2D eigenvalue weighted by molar-refractivity contribution is 7.10. The standard InChI is InChI=1S/C9H11F3S/c1-9(2,3)5-4-13-7(6(5)10)8(11)12/h4,8H,1-3H3. The van der Waals surface area contributed by atoms with Crippen LogP contribution in [0.25, 0.3) is 0 Å². The lowest BCUT2D eigenvalue weighted by Crippen LogP contribution is -2.11. The Morgan fingerprint density at radius 3 is 2.08 bits per heavy atom. The molecule has 1 aromatic heterocycles. The van der Waals surface area contributed by atoms with Crippen LogP contribution in [0.1, 0.15) is 37.6 Å². The summed E-state index contributed by atoms with van der Waals surface area (Å²) in [5.41, 5.74) is -0.0407. The van der Waals surface area contributed by atoms with Gasteiger partial charge in [-0.05, 0) is 10.8 Å². The molecule has 0 radical (unpaired) electrons. The fraction of sp³-hybridized carbons (Fsp3) is 0.556. The molecule has 0 saturated heterocycles. The summed E-state index contributed by atoms with van der Waals surface area (Å²) < 4.78 is 37.7. The van der Waals surface area contributed by atoms with E-state index in [0.29, 0.717) is 5.56 Å². The normalized spacial score (nSPS) is 12.5. The number of thiophene rings is 1. The summed E-state index contributed by atoms with van der Waals surface area (Å²) in [5, 5.41) is 1.47. The van der Waals surface area contributed by atoms with Gasteiger partial charge in [-0.1, -0.05) is 20.8 Å². The van der Waals surface area contributed by atoms with Gasteiger partial charge in [0, 0.05) is 5.56 Å². The van der Waals surface area contributed by atoms with Gasteiger partial charge >= 0.3 is 0 Å². The Labute approximate surface area is 79.4 Å². The van der Waals surface area contributed by atoms with E-state index in [4.69, 9.17) is 0 Å². The molecule has 4 heteroatoms. The number of halogens is 3. The Bertz CT molecular complexity index is 296. The third-order valence-corrected chi connectivity index (χ3v) is 2.73. The second kappa shape index (κ2) is 3.33. The zero-order valence-corrected chi connectivity index (χ0v) is 8.51. The second-order valence-electron chi connectivity index (χ2n) is 3.88. The maximum absolute atomic E-state index is 13.3. The van der Waals surface area contributed by atoms with Gasteiger partial charge in [-0.3, -0.25) is 0 Å². The molecule has 0 atom stereocenters. The molecule has 0 N–H and O–H groups in total. The third-order valence-electron chi connectivity index (χ3n) is 1.76. The Balaban J connectivity index is 3.14. The van der Waals surface area contributed by atoms with Crippen LogP contribution in [0.2, 0.25) is 0 Å². The maximum Gasteiger partial charge on any atom is 0.275 e. The van der Waals surface area contributed by atoms with Gasteiger partial charge in [0.05, 0.1) is 0 Å². The van der Waals surface area contributed by atoms with Crippen molar-refractivity contribution in [3.05, 3.63) is 21.6 Å². The van der Waals surface area contributed by atoms with E-state index in [1.807, 2.05) is 0 Å². The van der Waals surface area contributed by atoms with Crippen LogP contribution >= 0.6 is 11.3 Å². The first-order valence-corrected chi connectivity index (χ1v) is 4.77. The molecule has 0 amide bonds. The lowest BCUT2D eigenvalue weighted by molar-refractivity contribution is 0.150. The molecule has 0 aliphatic carbocycles.